The van der Waals surface area contributed by atoms with Gasteiger partial charge in [0.2, 0.25) is 5.95 Å². The summed E-state index contributed by atoms with van der Waals surface area (Å²) in [5, 5.41) is 14.4. The van der Waals surface area contributed by atoms with E-state index in [4.69, 9.17) is 4.74 Å². The second-order valence-electron chi connectivity index (χ2n) is 5.96. The van der Waals surface area contributed by atoms with Crippen LogP contribution in [0.1, 0.15) is 6.42 Å². The fourth-order valence-corrected chi connectivity index (χ4v) is 2.70. The molecule has 0 saturated heterocycles. The zero-order chi connectivity index (χ0) is 18.5. The van der Waals surface area contributed by atoms with Crippen LogP contribution < -0.4 is 15.4 Å². The van der Waals surface area contributed by atoms with Gasteiger partial charge in [-0.3, -0.25) is 5.10 Å². The number of H-pyrrole nitrogens is 1. The number of imidazole rings is 1. The Morgan fingerprint density at radius 2 is 2.07 bits per heavy atom. The van der Waals surface area contributed by atoms with E-state index in [1.165, 1.54) is 0 Å². The molecule has 9 nitrogen and oxygen atoms in total. The van der Waals surface area contributed by atoms with E-state index < -0.39 is 0 Å². The van der Waals surface area contributed by atoms with E-state index in [0.29, 0.717) is 17.4 Å². The molecule has 0 radical (unpaired) electrons. The highest BCUT2D eigenvalue weighted by Gasteiger charge is 2.10. The van der Waals surface area contributed by atoms with E-state index in [1.54, 1.807) is 19.5 Å². The first-order valence-corrected chi connectivity index (χ1v) is 8.63. The molecule has 3 N–H and O–H groups in total. The van der Waals surface area contributed by atoms with Crippen LogP contribution in [-0.4, -0.2) is 43.4 Å². The maximum Gasteiger partial charge on any atom is 0.226 e. The third-order valence-electron chi connectivity index (χ3n) is 4.10. The van der Waals surface area contributed by atoms with Gasteiger partial charge in [0.05, 0.1) is 25.0 Å². The average Bonchev–Trinajstić information content (AvgIpc) is 3.38. The van der Waals surface area contributed by atoms with Gasteiger partial charge in [0.25, 0.3) is 0 Å². The summed E-state index contributed by atoms with van der Waals surface area (Å²) in [5.74, 6) is 2.04. The van der Waals surface area contributed by atoms with Gasteiger partial charge in [-0.15, -0.1) is 0 Å². The van der Waals surface area contributed by atoms with Gasteiger partial charge in [-0.2, -0.15) is 15.1 Å². The SMILES string of the molecule is COc1ccc(Nc2nc(NCCCn3ccnc3)nc3[nH]ncc23)cc1. The molecule has 1 aromatic carbocycles. The van der Waals surface area contributed by atoms with E-state index in [1.807, 2.05) is 41.4 Å². The molecule has 0 aliphatic carbocycles. The van der Waals surface area contributed by atoms with E-state index in [-0.39, 0.29) is 0 Å². The van der Waals surface area contributed by atoms with Crippen LogP contribution in [0, 0.1) is 0 Å². The Labute approximate surface area is 155 Å². The number of nitrogens with one attached hydrogen (secondary N) is 3. The number of aromatic nitrogens is 6. The number of methoxy groups -OCH3 is 1. The lowest BCUT2D eigenvalue weighted by molar-refractivity contribution is 0.415. The van der Waals surface area contributed by atoms with E-state index in [2.05, 4.69) is 35.8 Å². The molecule has 0 amide bonds. The monoisotopic (exact) mass is 364 g/mol. The van der Waals surface area contributed by atoms with E-state index >= 15 is 0 Å². The Kier molecular flexibility index (Phi) is 4.82. The topological polar surface area (TPSA) is 106 Å². The molecular formula is C18H20N8O. The molecule has 0 aliphatic heterocycles. The molecule has 3 heterocycles. The van der Waals surface area contributed by atoms with Gasteiger partial charge >= 0.3 is 0 Å². The molecule has 0 unspecified atom stereocenters. The molecule has 9 heteroatoms. The van der Waals surface area contributed by atoms with Gasteiger partial charge in [0, 0.05) is 31.2 Å². The van der Waals surface area contributed by atoms with Crippen molar-refractivity contribution in [2.45, 2.75) is 13.0 Å². The molecule has 4 aromatic rings. The van der Waals surface area contributed by atoms with Crippen molar-refractivity contribution in [2.75, 3.05) is 24.3 Å². The number of hydrogen-bond donors (Lipinski definition) is 3. The quantitative estimate of drug-likeness (QED) is 0.413. The van der Waals surface area contributed by atoms with Crippen LogP contribution in [0.3, 0.4) is 0 Å². The van der Waals surface area contributed by atoms with Gasteiger partial charge in [0.15, 0.2) is 5.65 Å². The summed E-state index contributed by atoms with van der Waals surface area (Å²) in [4.78, 5) is 13.1. The van der Waals surface area contributed by atoms with Gasteiger partial charge in [-0.05, 0) is 30.7 Å². The van der Waals surface area contributed by atoms with Crippen LogP contribution in [0.2, 0.25) is 0 Å². The average molecular weight is 364 g/mol. The first kappa shape index (κ1) is 16.8. The standard InChI is InChI=1S/C18H20N8O/c1-27-14-5-3-13(4-6-14)22-16-15-11-21-25-17(15)24-18(23-16)20-7-2-9-26-10-8-19-12-26/h3-6,8,10-12H,2,7,9H2,1H3,(H3,20,21,22,23,24,25). The second-order valence-corrected chi connectivity index (χ2v) is 5.96. The maximum absolute atomic E-state index is 5.19. The lowest BCUT2D eigenvalue weighted by Crippen LogP contribution is -2.09. The molecule has 4 rings (SSSR count). The molecule has 138 valence electrons. The number of hydrogen-bond acceptors (Lipinski definition) is 7. The van der Waals surface area contributed by atoms with Crippen LogP contribution in [0.5, 0.6) is 5.75 Å². The summed E-state index contributed by atoms with van der Waals surface area (Å²) in [6.45, 7) is 1.63. The summed E-state index contributed by atoms with van der Waals surface area (Å²) in [6, 6.07) is 7.66. The van der Waals surface area contributed by atoms with Crippen molar-refractivity contribution in [1.29, 1.82) is 0 Å². The fraction of sp³-hybridized carbons (Fsp3) is 0.222. The number of aryl methyl sites for hydroxylation is 1. The molecule has 3 aromatic heterocycles. The summed E-state index contributed by atoms with van der Waals surface area (Å²) in [7, 11) is 1.65. The smallest absolute Gasteiger partial charge is 0.226 e. The second kappa shape index (κ2) is 7.73. The van der Waals surface area contributed by atoms with Gasteiger partial charge < -0.3 is 19.9 Å². The Morgan fingerprint density at radius 1 is 1.19 bits per heavy atom. The van der Waals surface area contributed by atoms with Gasteiger partial charge in [0.1, 0.15) is 11.6 Å². The highest BCUT2D eigenvalue weighted by Crippen LogP contribution is 2.25. The molecule has 0 saturated carbocycles. The number of fused-ring (bicyclic) bond motifs is 1. The Balaban J connectivity index is 1.47. The molecule has 0 fully saturated rings. The molecule has 0 bridgehead atoms. The summed E-state index contributed by atoms with van der Waals surface area (Å²) < 4.78 is 7.23. The van der Waals surface area contributed by atoms with Crippen molar-refractivity contribution in [2.24, 2.45) is 0 Å². The summed E-state index contributed by atoms with van der Waals surface area (Å²) in [6.07, 6.45) is 8.18. The van der Waals surface area contributed by atoms with E-state index in [0.717, 1.165) is 36.3 Å². The molecule has 0 aliphatic rings. The zero-order valence-electron chi connectivity index (χ0n) is 14.9. The minimum Gasteiger partial charge on any atom is -0.497 e. The van der Waals surface area contributed by atoms with Crippen molar-refractivity contribution in [3.63, 3.8) is 0 Å². The number of nitrogens with zero attached hydrogens (tertiary/aromatic N) is 5. The highest BCUT2D eigenvalue weighted by atomic mass is 16.5. The number of rotatable bonds is 8. The predicted octanol–water partition coefficient (Wildman–Crippen LogP) is 2.80. The molecule has 27 heavy (non-hydrogen) atoms. The molecule has 0 atom stereocenters. The normalized spacial score (nSPS) is 10.9. The van der Waals surface area contributed by atoms with Crippen LogP contribution in [-0.2, 0) is 6.54 Å². The van der Waals surface area contributed by atoms with Crippen molar-refractivity contribution in [3.05, 3.63) is 49.2 Å². The third-order valence-corrected chi connectivity index (χ3v) is 4.10. The van der Waals surface area contributed by atoms with Crippen LogP contribution in [0.15, 0.2) is 49.2 Å². The van der Waals surface area contributed by atoms with Gasteiger partial charge in [-0.25, -0.2) is 4.98 Å². The third kappa shape index (κ3) is 3.97. The van der Waals surface area contributed by atoms with Crippen molar-refractivity contribution in [1.82, 2.24) is 29.7 Å². The summed E-state index contributed by atoms with van der Waals surface area (Å²) in [5.41, 5.74) is 1.58. The minimum absolute atomic E-state index is 0.549. The Hall–Kier alpha value is -3.62. The largest absolute Gasteiger partial charge is 0.497 e. The first-order chi connectivity index (χ1) is 13.3. The number of benzene rings is 1. The Bertz CT molecular complexity index is 994. The predicted molar refractivity (Wildman–Crippen MR) is 103 cm³/mol. The fourth-order valence-electron chi connectivity index (χ4n) is 2.70. The van der Waals surface area contributed by atoms with Crippen LogP contribution in [0.4, 0.5) is 17.5 Å². The Morgan fingerprint density at radius 3 is 2.85 bits per heavy atom. The molecular weight excluding hydrogens is 344 g/mol. The van der Waals surface area contributed by atoms with E-state index in [9.17, 15) is 0 Å². The molecule has 0 spiro atoms. The van der Waals surface area contributed by atoms with Crippen molar-refractivity contribution >= 4 is 28.5 Å². The van der Waals surface area contributed by atoms with Gasteiger partial charge in [-0.1, -0.05) is 0 Å². The first-order valence-electron chi connectivity index (χ1n) is 8.63. The lowest BCUT2D eigenvalue weighted by Gasteiger charge is -2.10. The minimum atomic E-state index is 0.549. The highest BCUT2D eigenvalue weighted by molar-refractivity contribution is 5.89. The maximum atomic E-state index is 5.19. The lowest BCUT2D eigenvalue weighted by atomic mass is 10.3. The van der Waals surface area contributed by atoms with Crippen molar-refractivity contribution < 1.29 is 4.74 Å². The number of anilines is 3. The van der Waals surface area contributed by atoms with Crippen LogP contribution >= 0.6 is 0 Å². The van der Waals surface area contributed by atoms with Crippen molar-refractivity contribution in [3.8, 4) is 5.75 Å². The number of ether oxygens (including phenoxy) is 1. The number of aromatic amines is 1. The zero-order valence-corrected chi connectivity index (χ0v) is 14.9. The van der Waals surface area contributed by atoms with Crippen LogP contribution in [0.25, 0.3) is 11.0 Å². The summed E-state index contributed by atoms with van der Waals surface area (Å²) >= 11 is 0.